The van der Waals surface area contributed by atoms with Crippen molar-refractivity contribution in [2.75, 3.05) is 0 Å². The SMILES string of the molecule is C/C1=C/CC(C(=O)OC(C)(C)C)C(=O)C(C)[C@@H](O[Si](C)(C)C(C)(C)C)CC1. The zero-order valence-electron chi connectivity index (χ0n) is 19.1. The molecule has 0 aromatic rings. The lowest BCUT2D eigenvalue weighted by Crippen LogP contribution is -2.47. The van der Waals surface area contributed by atoms with Gasteiger partial charge in [-0.1, -0.05) is 39.3 Å². The van der Waals surface area contributed by atoms with Crippen LogP contribution in [0.1, 0.15) is 74.7 Å². The van der Waals surface area contributed by atoms with Gasteiger partial charge in [0.15, 0.2) is 14.1 Å². The molecule has 1 aliphatic rings. The number of carbonyl (C=O) groups is 2. The first kappa shape index (κ1) is 24.1. The lowest BCUT2D eigenvalue weighted by Gasteiger charge is -2.41. The van der Waals surface area contributed by atoms with Gasteiger partial charge < -0.3 is 9.16 Å². The van der Waals surface area contributed by atoms with Crippen LogP contribution in [0.4, 0.5) is 0 Å². The van der Waals surface area contributed by atoms with E-state index in [-0.39, 0.29) is 22.8 Å². The molecule has 0 spiro atoms. The smallest absolute Gasteiger partial charge is 0.317 e. The zero-order chi connectivity index (χ0) is 21.2. The molecule has 0 fully saturated rings. The van der Waals surface area contributed by atoms with Crippen molar-refractivity contribution in [1.29, 1.82) is 0 Å². The van der Waals surface area contributed by atoms with Crippen LogP contribution in [0.15, 0.2) is 11.6 Å². The number of ether oxygens (including phenoxy) is 1. The predicted molar refractivity (Wildman–Crippen MR) is 113 cm³/mol. The van der Waals surface area contributed by atoms with Crippen LogP contribution < -0.4 is 0 Å². The first-order valence-electron chi connectivity index (χ1n) is 10.2. The molecule has 4 nitrogen and oxygen atoms in total. The lowest BCUT2D eigenvalue weighted by molar-refractivity contribution is -0.163. The van der Waals surface area contributed by atoms with Crippen molar-refractivity contribution in [3.63, 3.8) is 0 Å². The predicted octanol–water partition coefficient (Wildman–Crippen LogP) is 5.67. The van der Waals surface area contributed by atoms with Gasteiger partial charge in [-0.15, -0.1) is 0 Å². The molecule has 0 saturated heterocycles. The summed E-state index contributed by atoms with van der Waals surface area (Å²) in [7, 11) is -2.02. The van der Waals surface area contributed by atoms with E-state index in [0.717, 1.165) is 12.8 Å². The summed E-state index contributed by atoms with van der Waals surface area (Å²) in [6, 6.07) is 0. The van der Waals surface area contributed by atoms with Crippen molar-refractivity contribution in [2.24, 2.45) is 11.8 Å². The summed E-state index contributed by atoms with van der Waals surface area (Å²) < 4.78 is 12.2. The number of allylic oxidation sites excluding steroid dienone is 2. The standard InChI is InChI=1S/C22H40O4Si/c1-15-11-13-17(20(24)25-21(3,4)5)19(23)16(2)18(14-12-15)26-27(9,10)22(6,7)8/h11,16-18H,12-14H2,1-10H3/b15-11-/t16?,17?,18-/m0/s1. The third kappa shape index (κ3) is 6.86. The Morgan fingerprint density at radius 2 is 1.70 bits per heavy atom. The number of carbonyl (C=O) groups excluding carboxylic acids is 2. The molecule has 2 unspecified atom stereocenters. The second-order valence-corrected chi connectivity index (χ2v) is 15.3. The van der Waals surface area contributed by atoms with Crippen molar-refractivity contribution >= 4 is 20.1 Å². The molecular weight excluding hydrogens is 356 g/mol. The molecule has 0 aliphatic heterocycles. The van der Waals surface area contributed by atoms with Crippen molar-refractivity contribution in [1.82, 2.24) is 0 Å². The Labute approximate surface area is 167 Å². The van der Waals surface area contributed by atoms with E-state index >= 15 is 0 Å². The molecule has 0 radical (unpaired) electrons. The third-order valence-electron chi connectivity index (χ3n) is 5.82. The minimum absolute atomic E-state index is 0.0566. The Kier molecular flexibility index (Phi) is 7.68. The average Bonchev–Trinajstić information content (AvgIpc) is 2.51. The normalized spacial score (nSPS) is 27.9. The summed E-state index contributed by atoms with van der Waals surface area (Å²) in [6.07, 6.45) is 3.97. The van der Waals surface area contributed by atoms with E-state index in [1.54, 1.807) is 0 Å². The van der Waals surface area contributed by atoms with Crippen LogP contribution >= 0.6 is 0 Å². The maximum atomic E-state index is 13.2. The molecule has 0 aromatic carbocycles. The summed E-state index contributed by atoms with van der Waals surface area (Å²) in [4.78, 5) is 25.9. The van der Waals surface area contributed by atoms with Gasteiger partial charge in [-0.3, -0.25) is 9.59 Å². The number of hydrogen-bond donors (Lipinski definition) is 0. The molecular formula is C22H40O4Si. The highest BCUT2D eigenvalue weighted by Crippen LogP contribution is 2.39. The van der Waals surface area contributed by atoms with Gasteiger partial charge >= 0.3 is 5.97 Å². The molecule has 0 amide bonds. The highest BCUT2D eigenvalue weighted by Gasteiger charge is 2.43. The quantitative estimate of drug-likeness (QED) is 0.267. The van der Waals surface area contributed by atoms with Gasteiger partial charge in [0.2, 0.25) is 0 Å². The van der Waals surface area contributed by atoms with Gasteiger partial charge in [0.05, 0.1) is 6.10 Å². The Hall–Kier alpha value is -0.943. The molecule has 5 heteroatoms. The van der Waals surface area contributed by atoms with E-state index in [1.807, 2.05) is 33.8 Å². The first-order valence-corrected chi connectivity index (χ1v) is 13.1. The monoisotopic (exact) mass is 396 g/mol. The minimum Gasteiger partial charge on any atom is -0.459 e. The van der Waals surface area contributed by atoms with E-state index < -0.39 is 25.8 Å². The topological polar surface area (TPSA) is 52.6 Å². The molecule has 0 bridgehead atoms. The van der Waals surface area contributed by atoms with Crippen LogP contribution in [-0.2, 0) is 18.8 Å². The maximum absolute atomic E-state index is 13.2. The van der Waals surface area contributed by atoms with Crippen molar-refractivity contribution in [3.8, 4) is 0 Å². The van der Waals surface area contributed by atoms with E-state index in [2.05, 4.69) is 40.8 Å². The Morgan fingerprint density at radius 1 is 1.15 bits per heavy atom. The van der Waals surface area contributed by atoms with Gasteiger partial charge in [0.25, 0.3) is 0 Å². The van der Waals surface area contributed by atoms with E-state index in [0.29, 0.717) is 6.42 Å². The van der Waals surface area contributed by atoms with Gasteiger partial charge in [0.1, 0.15) is 11.5 Å². The largest absolute Gasteiger partial charge is 0.459 e. The number of ketones is 1. The summed E-state index contributed by atoms with van der Waals surface area (Å²) in [5.74, 6) is -1.55. The number of Topliss-reactive ketones (excluding diaryl/α,β-unsaturated/α-hetero) is 1. The van der Waals surface area contributed by atoms with E-state index in [9.17, 15) is 9.59 Å². The Morgan fingerprint density at radius 3 is 2.19 bits per heavy atom. The van der Waals surface area contributed by atoms with Gasteiger partial charge in [-0.25, -0.2) is 0 Å². The number of hydrogen-bond acceptors (Lipinski definition) is 4. The van der Waals surface area contributed by atoms with Gasteiger partial charge in [-0.2, -0.15) is 0 Å². The summed E-state index contributed by atoms with van der Waals surface area (Å²) in [5.41, 5.74) is 0.601. The van der Waals surface area contributed by atoms with E-state index in [1.165, 1.54) is 5.57 Å². The fraction of sp³-hybridized carbons (Fsp3) is 0.818. The molecule has 1 rings (SSSR count). The Bertz CT molecular complexity index is 578. The van der Waals surface area contributed by atoms with Crippen LogP contribution in [0, 0.1) is 11.8 Å². The first-order chi connectivity index (χ1) is 12.0. The zero-order valence-corrected chi connectivity index (χ0v) is 20.1. The van der Waals surface area contributed by atoms with Crippen molar-refractivity contribution in [3.05, 3.63) is 11.6 Å². The lowest BCUT2D eigenvalue weighted by atomic mass is 9.87. The molecule has 3 atom stereocenters. The highest BCUT2D eigenvalue weighted by molar-refractivity contribution is 6.74. The number of esters is 1. The summed E-state index contributed by atoms with van der Waals surface area (Å²) >= 11 is 0. The van der Waals surface area contributed by atoms with Crippen molar-refractivity contribution < 1.29 is 18.8 Å². The van der Waals surface area contributed by atoms with E-state index in [4.69, 9.17) is 9.16 Å². The fourth-order valence-corrected chi connectivity index (χ4v) is 4.39. The molecule has 0 saturated carbocycles. The Balaban J connectivity index is 3.14. The van der Waals surface area contributed by atoms with Crippen LogP contribution in [0.2, 0.25) is 18.1 Å². The van der Waals surface area contributed by atoms with Crippen LogP contribution in [0.3, 0.4) is 0 Å². The molecule has 0 N–H and O–H groups in total. The molecule has 0 aromatic heterocycles. The highest BCUT2D eigenvalue weighted by atomic mass is 28.4. The second kappa shape index (κ2) is 8.60. The fourth-order valence-electron chi connectivity index (χ4n) is 2.96. The molecule has 0 heterocycles. The van der Waals surface area contributed by atoms with Gasteiger partial charge in [-0.05, 0) is 65.1 Å². The van der Waals surface area contributed by atoms with Gasteiger partial charge in [0, 0.05) is 5.92 Å². The number of rotatable bonds is 3. The average molecular weight is 397 g/mol. The molecule has 27 heavy (non-hydrogen) atoms. The van der Waals surface area contributed by atoms with Crippen LogP contribution in [-0.4, -0.2) is 31.8 Å². The summed E-state index contributed by atoms with van der Waals surface area (Å²) in [6.45, 7) is 20.5. The molecule has 1 aliphatic carbocycles. The molecule has 156 valence electrons. The minimum atomic E-state index is -2.02. The third-order valence-corrected chi connectivity index (χ3v) is 10.3. The summed E-state index contributed by atoms with van der Waals surface area (Å²) in [5, 5.41) is 0.0731. The van der Waals surface area contributed by atoms with Crippen LogP contribution in [0.5, 0.6) is 0 Å². The van der Waals surface area contributed by atoms with Crippen molar-refractivity contribution in [2.45, 2.75) is 104 Å². The maximum Gasteiger partial charge on any atom is 0.317 e. The van der Waals surface area contributed by atoms with Crippen LogP contribution in [0.25, 0.3) is 0 Å². The second-order valence-electron chi connectivity index (χ2n) is 10.5.